The molecule has 0 aromatic heterocycles. The minimum Gasteiger partial charge on any atom is -0.344 e. The highest BCUT2D eigenvalue weighted by atomic mass is 32.2. The van der Waals surface area contributed by atoms with Crippen LogP contribution in [-0.4, -0.2) is 70.4 Å². The van der Waals surface area contributed by atoms with Crippen LogP contribution in [0.25, 0.3) is 0 Å². The van der Waals surface area contributed by atoms with E-state index >= 15 is 0 Å². The van der Waals surface area contributed by atoms with E-state index in [-0.39, 0.29) is 16.8 Å². The Morgan fingerprint density at radius 2 is 1.73 bits per heavy atom. The SMILES string of the molecule is CCNS(=O)(=O)c1cccc(C(=O)NC(CN2CCN(C)CC2)c2ccccc2)c1. The van der Waals surface area contributed by atoms with E-state index in [4.69, 9.17) is 0 Å². The summed E-state index contributed by atoms with van der Waals surface area (Å²) in [4.78, 5) is 17.7. The van der Waals surface area contributed by atoms with Crippen molar-refractivity contribution in [3.63, 3.8) is 0 Å². The molecule has 1 aliphatic rings. The number of nitrogens with zero attached hydrogens (tertiary/aromatic N) is 2. The van der Waals surface area contributed by atoms with Crippen molar-refractivity contribution >= 4 is 15.9 Å². The van der Waals surface area contributed by atoms with Crippen LogP contribution < -0.4 is 10.0 Å². The number of hydrogen-bond donors (Lipinski definition) is 2. The maximum Gasteiger partial charge on any atom is 0.251 e. The fraction of sp³-hybridized carbons (Fsp3) is 0.409. The van der Waals surface area contributed by atoms with E-state index in [1.807, 2.05) is 30.3 Å². The molecule has 1 saturated heterocycles. The van der Waals surface area contributed by atoms with Gasteiger partial charge in [0.2, 0.25) is 10.0 Å². The summed E-state index contributed by atoms with van der Waals surface area (Å²) >= 11 is 0. The molecule has 3 rings (SSSR count). The molecule has 0 bridgehead atoms. The molecule has 2 aromatic rings. The van der Waals surface area contributed by atoms with Crippen LogP contribution in [-0.2, 0) is 10.0 Å². The number of rotatable bonds is 8. The van der Waals surface area contributed by atoms with E-state index in [2.05, 4.69) is 26.9 Å². The molecule has 0 radical (unpaired) electrons. The van der Waals surface area contributed by atoms with E-state index < -0.39 is 10.0 Å². The molecule has 7 nitrogen and oxygen atoms in total. The molecule has 30 heavy (non-hydrogen) atoms. The monoisotopic (exact) mass is 430 g/mol. The first-order valence-electron chi connectivity index (χ1n) is 10.3. The lowest BCUT2D eigenvalue weighted by molar-refractivity contribution is 0.0907. The first-order chi connectivity index (χ1) is 14.4. The van der Waals surface area contributed by atoms with Crippen LogP contribution in [0.4, 0.5) is 0 Å². The largest absolute Gasteiger partial charge is 0.344 e. The summed E-state index contributed by atoms with van der Waals surface area (Å²) in [6, 6.07) is 15.8. The zero-order valence-corrected chi connectivity index (χ0v) is 18.4. The van der Waals surface area contributed by atoms with E-state index in [0.717, 1.165) is 31.7 Å². The molecular weight excluding hydrogens is 400 g/mol. The molecule has 1 unspecified atom stereocenters. The Balaban J connectivity index is 1.78. The molecule has 1 amide bonds. The van der Waals surface area contributed by atoms with Gasteiger partial charge in [-0.25, -0.2) is 13.1 Å². The van der Waals surface area contributed by atoms with E-state index in [0.29, 0.717) is 18.7 Å². The summed E-state index contributed by atoms with van der Waals surface area (Å²) in [6.07, 6.45) is 0. The third-order valence-corrected chi connectivity index (χ3v) is 6.83. The molecule has 2 N–H and O–H groups in total. The maximum atomic E-state index is 13.0. The second kappa shape index (κ2) is 10.2. The fourth-order valence-electron chi connectivity index (χ4n) is 3.53. The summed E-state index contributed by atoms with van der Waals surface area (Å²) in [5.74, 6) is -0.286. The number of sulfonamides is 1. The topological polar surface area (TPSA) is 81.7 Å². The zero-order chi connectivity index (χ0) is 21.6. The van der Waals surface area contributed by atoms with E-state index in [1.165, 1.54) is 12.1 Å². The van der Waals surface area contributed by atoms with Crippen molar-refractivity contribution in [2.75, 3.05) is 46.3 Å². The van der Waals surface area contributed by atoms with Crippen molar-refractivity contribution in [1.29, 1.82) is 0 Å². The fourth-order valence-corrected chi connectivity index (χ4v) is 4.61. The van der Waals surface area contributed by atoms with Crippen LogP contribution in [0.15, 0.2) is 59.5 Å². The van der Waals surface area contributed by atoms with Gasteiger partial charge in [-0.3, -0.25) is 9.69 Å². The second-order valence-electron chi connectivity index (χ2n) is 7.57. The molecule has 1 aliphatic heterocycles. The highest BCUT2D eigenvalue weighted by Gasteiger charge is 2.22. The Morgan fingerprint density at radius 1 is 1.03 bits per heavy atom. The first kappa shape index (κ1) is 22.4. The molecule has 1 fully saturated rings. The number of nitrogens with one attached hydrogen (secondary N) is 2. The predicted octanol–water partition coefficient (Wildman–Crippen LogP) is 1.70. The Kier molecular flexibility index (Phi) is 7.60. The summed E-state index contributed by atoms with van der Waals surface area (Å²) < 4.78 is 27.0. The Morgan fingerprint density at radius 3 is 2.40 bits per heavy atom. The van der Waals surface area contributed by atoms with Crippen molar-refractivity contribution in [2.24, 2.45) is 0 Å². The molecule has 1 atom stereocenters. The number of hydrogen-bond acceptors (Lipinski definition) is 5. The van der Waals surface area contributed by atoms with Crippen LogP contribution in [0, 0.1) is 0 Å². The van der Waals surface area contributed by atoms with Gasteiger partial charge in [-0.1, -0.05) is 43.3 Å². The minimum absolute atomic E-state index is 0.0901. The Hall–Kier alpha value is -2.26. The zero-order valence-electron chi connectivity index (χ0n) is 17.5. The van der Waals surface area contributed by atoms with Gasteiger partial charge in [0.05, 0.1) is 10.9 Å². The summed E-state index contributed by atoms with van der Waals surface area (Å²) in [5, 5.41) is 3.11. The second-order valence-corrected chi connectivity index (χ2v) is 9.34. The van der Waals surface area contributed by atoms with E-state index in [1.54, 1.807) is 19.1 Å². The third kappa shape index (κ3) is 5.89. The van der Waals surface area contributed by atoms with Gasteiger partial charge in [-0.05, 0) is 30.8 Å². The number of amides is 1. The van der Waals surface area contributed by atoms with Crippen LogP contribution in [0.5, 0.6) is 0 Å². The molecule has 0 saturated carbocycles. The molecule has 1 heterocycles. The van der Waals surface area contributed by atoms with Crippen molar-refractivity contribution in [1.82, 2.24) is 19.8 Å². The summed E-state index contributed by atoms with van der Waals surface area (Å²) in [7, 11) is -1.50. The minimum atomic E-state index is -3.62. The van der Waals surface area contributed by atoms with Gasteiger partial charge in [0.15, 0.2) is 0 Å². The number of piperazine rings is 1. The van der Waals surface area contributed by atoms with Gasteiger partial charge in [0.25, 0.3) is 5.91 Å². The van der Waals surface area contributed by atoms with Crippen LogP contribution in [0.3, 0.4) is 0 Å². The van der Waals surface area contributed by atoms with Gasteiger partial charge in [0.1, 0.15) is 0 Å². The van der Waals surface area contributed by atoms with Crippen LogP contribution in [0.1, 0.15) is 28.9 Å². The molecular formula is C22H30N4O3S. The standard InChI is InChI=1S/C22H30N4O3S/c1-3-23-30(28,29)20-11-7-10-19(16-20)22(27)24-21(18-8-5-4-6-9-18)17-26-14-12-25(2)13-15-26/h4-11,16,21,23H,3,12-15,17H2,1-2H3,(H,24,27). The quantitative estimate of drug-likeness (QED) is 0.666. The lowest BCUT2D eigenvalue weighted by atomic mass is 10.0. The average Bonchev–Trinajstić information content (AvgIpc) is 2.75. The van der Waals surface area contributed by atoms with Gasteiger partial charge in [-0.2, -0.15) is 0 Å². The molecule has 0 aliphatic carbocycles. The molecule has 162 valence electrons. The number of carbonyl (C=O) groups is 1. The van der Waals surface area contributed by atoms with Crippen molar-refractivity contribution in [3.8, 4) is 0 Å². The Labute approximate surface area is 179 Å². The predicted molar refractivity (Wildman–Crippen MR) is 118 cm³/mol. The highest BCUT2D eigenvalue weighted by Crippen LogP contribution is 2.18. The average molecular weight is 431 g/mol. The maximum absolute atomic E-state index is 13.0. The lowest BCUT2D eigenvalue weighted by Gasteiger charge is -2.35. The van der Waals surface area contributed by atoms with Crippen molar-refractivity contribution in [3.05, 3.63) is 65.7 Å². The van der Waals surface area contributed by atoms with Gasteiger partial charge in [0, 0.05) is 44.8 Å². The smallest absolute Gasteiger partial charge is 0.251 e. The van der Waals surface area contributed by atoms with Gasteiger partial charge < -0.3 is 10.2 Å². The van der Waals surface area contributed by atoms with Gasteiger partial charge in [-0.15, -0.1) is 0 Å². The molecule has 0 spiro atoms. The first-order valence-corrected chi connectivity index (χ1v) is 11.7. The molecule has 2 aromatic carbocycles. The summed E-state index contributed by atoms with van der Waals surface area (Å²) in [5.41, 5.74) is 1.36. The number of carbonyl (C=O) groups excluding carboxylic acids is 1. The lowest BCUT2D eigenvalue weighted by Crippen LogP contribution is -2.47. The normalized spacial score (nSPS) is 16.9. The Bertz CT molecular complexity index is 942. The summed E-state index contributed by atoms with van der Waals surface area (Å²) in [6.45, 7) is 6.62. The number of benzene rings is 2. The van der Waals surface area contributed by atoms with Crippen LogP contribution >= 0.6 is 0 Å². The van der Waals surface area contributed by atoms with Crippen molar-refractivity contribution in [2.45, 2.75) is 17.9 Å². The molecule has 8 heteroatoms. The van der Waals surface area contributed by atoms with Crippen molar-refractivity contribution < 1.29 is 13.2 Å². The van der Waals surface area contributed by atoms with Crippen LogP contribution in [0.2, 0.25) is 0 Å². The number of likely N-dealkylation sites (N-methyl/N-ethyl adjacent to an activating group) is 1. The van der Waals surface area contributed by atoms with Gasteiger partial charge >= 0.3 is 0 Å². The van der Waals surface area contributed by atoms with E-state index in [9.17, 15) is 13.2 Å². The third-order valence-electron chi connectivity index (χ3n) is 5.28. The highest BCUT2D eigenvalue weighted by molar-refractivity contribution is 7.89.